The zero-order valence-electron chi connectivity index (χ0n) is 18.1. The zero-order valence-corrected chi connectivity index (χ0v) is 18.9. The van der Waals surface area contributed by atoms with Gasteiger partial charge in [-0.25, -0.2) is 0 Å². The highest BCUT2D eigenvalue weighted by Crippen LogP contribution is 2.39. The van der Waals surface area contributed by atoms with Crippen molar-refractivity contribution >= 4 is 23.2 Å². The van der Waals surface area contributed by atoms with Crippen LogP contribution in [0.3, 0.4) is 0 Å². The van der Waals surface area contributed by atoms with Crippen LogP contribution in [0.15, 0.2) is 35.7 Å². The Labute approximate surface area is 183 Å². The van der Waals surface area contributed by atoms with Crippen molar-refractivity contribution in [1.82, 2.24) is 9.80 Å². The monoisotopic (exact) mass is 424 g/mol. The molecule has 2 amide bonds. The third-order valence-electron chi connectivity index (χ3n) is 6.64. The molecule has 1 saturated carbocycles. The van der Waals surface area contributed by atoms with Crippen LogP contribution in [0.5, 0.6) is 0 Å². The van der Waals surface area contributed by atoms with Crippen molar-refractivity contribution < 1.29 is 9.59 Å². The molecule has 4 rings (SSSR count). The Morgan fingerprint density at radius 3 is 2.67 bits per heavy atom. The molecule has 1 aromatic heterocycles. The molecule has 4 nitrogen and oxygen atoms in total. The fourth-order valence-electron chi connectivity index (χ4n) is 4.60. The SMILES string of the molecule is CCCCN(CC(=O)N1CCc2sccc2[C@@H]1c1ccccc1C)C(=O)C1CCC1. The number of carbonyl (C=O) groups is 2. The molecule has 1 aliphatic heterocycles. The van der Waals surface area contributed by atoms with Gasteiger partial charge in [0.1, 0.15) is 0 Å². The summed E-state index contributed by atoms with van der Waals surface area (Å²) < 4.78 is 0. The lowest BCUT2D eigenvalue weighted by Gasteiger charge is -2.39. The standard InChI is InChI=1S/C25H32N2O2S/c1-3-4-14-26(25(29)19-9-7-10-19)17-23(28)27-15-12-22-21(13-16-30-22)24(27)20-11-6-5-8-18(20)2/h5-6,8,11,13,16,19,24H,3-4,7,9-10,12,14-15,17H2,1-2H3/t24-/m0/s1. The largest absolute Gasteiger partial charge is 0.333 e. The van der Waals surface area contributed by atoms with E-state index in [1.165, 1.54) is 21.6 Å². The van der Waals surface area contributed by atoms with Crippen molar-refractivity contribution in [2.45, 2.75) is 58.4 Å². The Kier molecular flexibility index (Phi) is 6.57. The van der Waals surface area contributed by atoms with Crippen molar-refractivity contribution in [3.05, 3.63) is 57.3 Å². The first kappa shape index (κ1) is 21.1. The van der Waals surface area contributed by atoms with E-state index in [9.17, 15) is 9.59 Å². The highest BCUT2D eigenvalue weighted by atomic mass is 32.1. The molecule has 0 unspecified atom stereocenters. The summed E-state index contributed by atoms with van der Waals surface area (Å²) in [7, 11) is 0. The smallest absolute Gasteiger partial charge is 0.242 e. The summed E-state index contributed by atoms with van der Waals surface area (Å²) in [5, 5.41) is 2.14. The molecule has 2 aromatic rings. The van der Waals surface area contributed by atoms with E-state index in [4.69, 9.17) is 0 Å². The van der Waals surface area contributed by atoms with E-state index in [-0.39, 0.29) is 30.3 Å². The molecular weight excluding hydrogens is 392 g/mol. The normalized spacial score (nSPS) is 18.6. The summed E-state index contributed by atoms with van der Waals surface area (Å²) in [6, 6.07) is 10.5. The van der Waals surface area contributed by atoms with Crippen LogP contribution in [-0.2, 0) is 16.0 Å². The Morgan fingerprint density at radius 2 is 1.97 bits per heavy atom. The van der Waals surface area contributed by atoms with Gasteiger partial charge in [-0.3, -0.25) is 9.59 Å². The van der Waals surface area contributed by atoms with Gasteiger partial charge in [0.05, 0.1) is 12.6 Å². The Morgan fingerprint density at radius 1 is 1.17 bits per heavy atom. The van der Waals surface area contributed by atoms with Crippen LogP contribution < -0.4 is 0 Å². The second-order valence-electron chi connectivity index (χ2n) is 8.64. The van der Waals surface area contributed by atoms with Crippen LogP contribution in [0, 0.1) is 12.8 Å². The number of carbonyl (C=O) groups excluding carboxylic acids is 2. The zero-order chi connectivity index (χ0) is 21.1. The molecule has 0 saturated heterocycles. The maximum Gasteiger partial charge on any atom is 0.242 e. The Balaban J connectivity index is 1.59. The highest BCUT2D eigenvalue weighted by Gasteiger charge is 2.36. The number of fused-ring (bicyclic) bond motifs is 1. The molecule has 0 bridgehead atoms. The van der Waals surface area contributed by atoms with Crippen LogP contribution >= 0.6 is 11.3 Å². The van der Waals surface area contributed by atoms with Crippen LogP contribution in [-0.4, -0.2) is 41.2 Å². The van der Waals surface area contributed by atoms with Gasteiger partial charge in [-0.2, -0.15) is 0 Å². The predicted octanol–water partition coefficient (Wildman–Crippen LogP) is 4.96. The van der Waals surface area contributed by atoms with E-state index in [0.717, 1.165) is 38.5 Å². The summed E-state index contributed by atoms with van der Waals surface area (Å²) in [5.74, 6) is 0.388. The van der Waals surface area contributed by atoms with Crippen molar-refractivity contribution in [2.75, 3.05) is 19.6 Å². The number of hydrogen-bond donors (Lipinski definition) is 0. The topological polar surface area (TPSA) is 40.6 Å². The molecule has 1 fully saturated rings. The number of nitrogens with zero attached hydrogens (tertiary/aromatic N) is 2. The van der Waals surface area contributed by atoms with Gasteiger partial charge < -0.3 is 9.80 Å². The van der Waals surface area contributed by atoms with Gasteiger partial charge in [-0.05, 0) is 60.7 Å². The minimum absolute atomic E-state index is 0.0551. The Hall–Kier alpha value is -2.14. The maximum absolute atomic E-state index is 13.6. The molecule has 0 radical (unpaired) electrons. The molecule has 30 heavy (non-hydrogen) atoms. The molecule has 0 N–H and O–H groups in total. The first-order valence-corrected chi connectivity index (χ1v) is 12.2. The quantitative estimate of drug-likeness (QED) is 0.630. The number of thiophene rings is 1. The number of amides is 2. The lowest BCUT2D eigenvalue weighted by molar-refractivity contribution is -0.145. The van der Waals surface area contributed by atoms with E-state index >= 15 is 0 Å². The first-order valence-electron chi connectivity index (χ1n) is 11.3. The van der Waals surface area contributed by atoms with Gasteiger partial charge in [0.15, 0.2) is 0 Å². The molecule has 1 aromatic carbocycles. The van der Waals surface area contributed by atoms with Crippen molar-refractivity contribution in [3.8, 4) is 0 Å². The van der Waals surface area contributed by atoms with Gasteiger partial charge in [0, 0.05) is 23.9 Å². The van der Waals surface area contributed by atoms with Crippen LogP contribution in [0.1, 0.15) is 66.6 Å². The van der Waals surface area contributed by atoms with Crippen molar-refractivity contribution in [3.63, 3.8) is 0 Å². The number of hydrogen-bond acceptors (Lipinski definition) is 3. The van der Waals surface area contributed by atoms with E-state index in [2.05, 4.69) is 43.5 Å². The molecule has 160 valence electrons. The van der Waals surface area contributed by atoms with Crippen LogP contribution in [0.25, 0.3) is 0 Å². The average molecular weight is 425 g/mol. The second-order valence-corrected chi connectivity index (χ2v) is 9.64. The third kappa shape index (κ3) is 4.18. The molecule has 0 spiro atoms. The minimum Gasteiger partial charge on any atom is -0.333 e. The number of benzene rings is 1. The molecule has 2 aliphatic rings. The van der Waals surface area contributed by atoms with Gasteiger partial charge in [0.2, 0.25) is 11.8 Å². The average Bonchev–Trinajstić information content (AvgIpc) is 3.18. The first-order chi connectivity index (χ1) is 14.6. The third-order valence-corrected chi connectivity index (χ3v) is 7.64. The van der Waals surface area contributed by atoms with Gasteiger partial charge >= 0.3 is 0 Å². The predicted molar refractivity (Wildman–Crippen MR) is 122 cm³/mol. The summed E-state index contributed by atoms with van der Waals surface area (Å²) in [4.78, 5) is 31.8. The van der Waals surface area contributed by atoms with Crippen molar-refractivity contribution in [1.29, 1.82) is 0 Å². The van der Waals surface area contributed by atoms with Gasteiger partial charge in [-0.1, -0.05) is 44.0 Å². The highest BCUT2D eigenvalue weighted by molar-refractivity contribution is 7.10. The maximum atomic E-state index is 13.6. The van der Waals surface area contributed by atoms with E-state index < -0.39 is 0 Å². The molecule has 1 atom stereocenters. The summed E-state index contributed by atoms with van der Waals surface area (Å²) in [6.07, 6.45) is 5.95. The van der Waals surface area contributed by atoms with Crippen LogP contribution in [0.2, 0.25) is 0 Å². The molecule has 5 heteroatoms. The van der Waals surface area contributed by atoms with Gasteiger partial charge in [-0.15, -0.1) is 11.3 Å². The fourth-order valence-corrected chi connectivity index (χ4v) is 5.50. The lowest BCUT2D eigenvalue weighted by Crippen LogP contribution is -2.49. The molecular formula is C25H32N2O2S. The summed E-state index contributed by atoms with van der Waals surface area (Å²) in [6.45, 7) is 5.85. The number of rotatable bonds is 7. The second kappa shape index (κ2) is 9.34. The number of unbranched alkanes of at least 4 members (excludes halogenated alkanes) is 1. The van der Waals surface area contributed by atoms with Crippen molar-refractivity contribution in [2.24, 2.45) is 5.92 Å². The van der Waals surface area contributed by atoms with Gasteiger partial charge in [0.25, 0.3) is 0 Å². The van der Waals surface area contributed by atoms with Crippen LogP contribution in [0.4, 0.5) is 0 Å². The van der Waals surface area contributed by atoms with E-state index in [0.29, 0.717) is 13.1 Å². The fraction of sp³-hybridized carbons (Fsp3) is 0.520. The summed E-state index contributed by atoms with van der Waals surface area (Å²) >= 11 is 1.79. The minimum atomic E-state index is -0.0551. The van der Waals surface area contributed by atoms with E-state index in [1.807, 2.05) is 15.9 Å². The number of aryl methyl sites for hydroxylation is 1. The lowest BCUT2D eigenvalue weighted by atomic mass is 9.84. The molecule has 1 aliphatic carbocycles. The Bertz CT molecular complexity index is 902. The van der Waals surface area contributed by atoms with E-state index in [1.54, 1.807) is 11.3 Å². The summed E-state index contributed by atoms with van der Waals surface area (Å²) in [5.41, 5.74) is 3.64. The molecule has 2 heterocycles.